The molecule has 2 unspecified atom stereocenters. The van der Waals surface area contributed by atoms with E-state index in [1.165, 1.54) is 0 Å². The van der Waals surface area contributed by atoms with Crippen LogP contribution in [0, 0.1) is 5.92 Å². The molecule has 3 heteroatoms. The highest BCUT2D eigenvalue weighted by Gasteiger charge is 2.18. The Morgan fingerprint density at radius 2 is 2.18 bits per heavy atom. The van der Waals surface area contributed by atoms with E-state index < -0.39 is 0 Å². The number of hydrogen-bond donors (Lipinski definition) is 2. The normalized spacial score (nSPS) is 15.6. The molecule has 0 aliphatic heterocycles. The zero-order valence-corrected chi connectivity index (χ0v) is 11.6. The highest BCUT2D eigenvalue weighted by molar-refractivity contribution is 5.82. The van der Waals surface area contributed by atoms with Crippen LogP contribution in [0.1, 0.15) is 40.0 Å². The van der Waals surface area contributed by atoms with Gasteiger partial charge < -0.3 is 10.4 Å². The molecule has 0 aliphatic rings. The lowest BCUT2D eigenvalue weighted by Crippen LogP contribution is -2.33. The maximum absolute atomic E-state index is 10.1. The van der Waals surface area contributed by atoms with Gasteiger partial charge in [0.05, 0.1) is 6.10 Å². The van der Waals surface area contributed by atoms with Crippen molar-refractivity contribution >= 4 is 5.71 Å². The summed E-state index contributed by atoms with van der Waals surface area (Å²) >= 11 is 0. The van der Waals surface area contributed by atoms with Crippen LogP contribution in [0.15, 0.2) is 17.6 Å². The molecule has 0 fully saturated rings. The van der Waals surface area contributed by atoms with Gasteiger partial charge in [0.25, 0.3) is 0 Å². The second-order valence-electron chi connectivity index (χ2n) is 4.41. The Hall–Kier alpha value is -0.670. The molecule has 3 nitrogen and oxygen atoms in total. The van der Waals surface area contributed by atoms with Gasteiger partial charge >= 0.3 is 0 Å². The van der Waals surface area contributed by atoms with E-state index in [4.69, 9.17) is 0 Å². The Kier molecular flexibility index (Phi) is 10.1. The van der Waals surface area contributed by atoms with Crippen LogP contribution in [0.2, 0.25) is 0 Å². The molecule has 100 valence electrons. The molecule has 0 aromatic rings. The van der Waals surface area contributed by atoms with Gasteiger partial charge in [0.2, 0.25) is 0 Å². The highest BCUT2D eigenvalue weighted by Crippen LogP contribution is 2.17. The lowest BCUT2D eigenvalue weighted by atomic mass is 9.91. The number of aliphatic imine (C=N–C) groups is 1. The number of nitrogens with one attached hydrogen (secondary N) is 1. The lowest BCUT2D eigenvalue weighted by molar-refractivity contribution is 0.105. The minimum absolute atomic E-state index is 0.280. The number of rotatable bonds is 10. The van der Waals surface area contributed by atoms with Gasteiger partial charge in [0, 0.05) is 18.8 Å². The fourth-order valence-electron chi connectivity index (χ4n) is 1.94. The lowest BCUT2D eigenvalue weighted by Gasteiger charge is -2.22. The molecule has 0 amide bonds. The van der Waals surface area contributed by atoms with Gasteiger partial charge in [0.1, 0.15) is 0 Å². The summed E-state index contributed by atoms with van der Waals surface area (Å²) in [5, 5.41) is 13.3. The van der Waals surface area contributed by atoms with E-state index in [2.05, 4.69) is 23.8 Å². The SMILES string of the molecule is C=CCCC(C/C(C)=N\CC)C(O)CNCC. The molecule has 0 heterocycles. The maximum atomic E-state index is 10.1. The van der Waals surface area contributed by atoms with Gasteiger partial charge in [-0.2, -0.15) is 0 Å². The zero-order valence-electron chi connectivity index (χ0n) is 11.6. The van der Waals surface area contributed by atoms with Gasteiger partial charge in [0.15, 0.2) is 0 Å². The van der Waals surface area contributed by atoms with Crippen molar-refractivity contribution < 1.29 is 5.11 Å². The topological polar surface area (TPSA) is 44.6 Å². The number of aliphatic hydroxyl groups is 1. The van der Waals surface area contributed by atoms with Crippen molar-refractivity contribution in [3.05, 3.63) is 12.7 Å². The van der Waals surface area contributed by atoms with Crippen LogP contribution in [0.4, 0.5) is 0 Å². The highest BCUT2D eigenvalue weighted by atomic mass is 16.3. The summed E-state index contributed by atoms with van der Waals surface area (Å²) in [5.74, 6) is 0.280. The summed E-state index contributed by atoms with van der Waals surface area (Å²) in [6, 6.07) is 0. The van der Waals surface area contributed by atoms with Crippen molar-refractivity contribution in [3.63, 3.8) is 0 Å². The van der Waals surface area contributed by atoms with Crippen molar-refractivity contribution in [2.24, 2.45) is 10.9 Å². The predicted molar refractivity (Wildman–Crippen MR) is 75.7 cm³/mol. The van der Waals surface area contributed by atoms with Crippen LogP contribution in [0.5, 0.6) is 0 Å². The standard InChI is InChI=1S/C14H28N2O/c1-5-8-9-13(10-12(4)16-7-3)14(17)11-15-6-2/h5,13-15,17H,1,6-11H2,2-4H3/b16-12-. The molecule has 17 heavy (non-hydrogen) atoms. The molecular formula is C14H28N2O. The van der Waals surface area contributed by atoms with Crippen LogP contribution in [0.25, 0.3) is 0 Å². The first kappa shape index (κ1) is 16.3. The fourth-order valence-corrected chi connectivity index (χ4v) is 1.94. The summed E-state index contributed by atoms with van der Waals surface area (Å²) in [7, 11) is 0. The average molecular weight is 240 g/mol. The maximum Gasteiger partial charge on any atom is 0.0696 e. The number of likely N-dealkylation sites (N-methyl/N-ethyl adjacent to an activating group) is 1. The molecule has 0 aromatic heterocycles. The van der Waals surface area contributed by atoms with E-state index in [-0.39, 0.29) is 12.0 Å². The summed E-state index contributed by atoms with van der Waals surface area (Å²) < 4.78 is 0. The largest absolute Gasteiger partial charge is 0.392 e. The minimum atomic E-state index is -0.295. The van der Waals surface area contributed by atoms with E-state index in [0.717, 1.165) is 38.1 Å². The van der Waals surface area contributed by atoms with E-state index >= 15 is 0 Å². The van der Waals surface area contributed by atoms with E-state index in [0.29, 0.717) is 6.54 Å². The third-order valence-electron chi connectivity index (χ3n) is 2.87. The molecular weight excluding hydrogens is 212 g/mol. The van der Waals surface area contributed by atoms with Crippen molar-refractivity contribution in [2.45, 2.75) is 46.1 Å². The van der Waals surface area contributed by atoms with Gasteiger partial charge in [-0.05, 0) is 45.6 Å². The Morgan fingerprint density at radius 1 is 1.47 bits per heavy atom. The van der Waals surface area contributed by atoms with Crippen molar-refractivity contribution in [1.82, 2.24) is 5.32 Å². The van der Waals surface area contributed by atoms with Crippen LogP contribution < -0.4 is 5.32 Å². The Bertz CT molecular complexity index is 226. The molecule has 2 atom stereocenters. The summed E-state index contributed by atoms with van der Waals surface area (Å²) in [4.78, 5) is 4.39. The monoisotopic (exact) mass is 240 g/mol. The summed E-state index contributed by atoms with van der Waals surface area (Å²) in [6.45, 7) is 12.3. The fraction of sp³-hybridized carbons (Fsp3) is 0.786. The second kappa shape index (κ2) is 10.5. The molecule has 0 bridgehead atoms. The van der Waals surface area contributed by atoms with Crippen molar-refractivity contribution in [1.29, 1.82) is 0 Å². The smallest absolute Gasteiger partial charge is 0.0696 e. The first-order chi connectivity index (χ1) is 8.15. The summed E-state index contributed by atoms with van der Waals surface area (Å²) in [5.41, 5.74) is 1.14. The Morgan fingerprint density at radius 3 is 2.71 bits per heavy atom. The molecule has 0 saturated heterocycles. The molecule has 0 radical (unpaired) electrons. The number of allylic oxidation sites excluding steroid dienone is 1. The quantitative estimate of drug-likeness (QED) is 0.455. The first-order valence-corrected chi connectivity index (χ1v) is 6.65. The van der Waals surface area contributed by atoms with Crippen molar-refractivity contribution in [3.8, 4) is 0 Å². The molecule has 2 N–H and O–H groups in total. The van der Waals surface area contributed by atoms with Gasteiger partial charge in [-0.15, -0.1) is 6.58 Å². The van der Waals surface area contributed by atoms with Gasteiger partial charge in [-0.3, -0.25) is 4.99 Å². The van der Waals surface area contributed by atoms with E-state index in [9.17, 15) is 5.11 Å². The molecule has 0 rings (SSSR count). The number of hydrogen-bond acceptors (Lipinski definition) is 3. The number of nitrogens with zero attached hydrogens (tertiary/aromatic N) is 1. The van der Waals surface area contributed by atoms with Gasteiger partial charge in [-0.25, -0.2) is 0 Å². The summed E-state index contributed by atoms with van der Waals surface area (Å²) in [6.07, 6.45) is 4.44. The minimum Gasteiger partial charge on any atom is -0.392 e. The van der Waals surface area contributed by atoms with Crippen LogP contribution in [0.3, 0.4) is 0 Å². The third-order valence-corrected chi connectivity index (χ3v) is 2.87. The van der Waals surface area contributed by atoms with Crippen molar-refractivity contribution in [2.75, 3.05) is 19.6 Å². The second-order valence-corrected chi connectivity index (χ2v) is 4.41. The predicted octanol–water partition coefficient (Wildman–Crippen LogP) is 2.41. The van der Waals surface area contributed by atoms with Crippen LogP contribution in [-0.2, 0) is 0 Å². The zero-order chi connectivity index (χ0) is 13.1. The van der Waals surface area contributed by atoms with E-state index in [1.807, 2.05) is 19.9 Å². The van der Waals surface area contributed by atoms with Crippen LogP contribution in [-0.4, -0.2) is 36.6 Å². The molecule has 0 saturated carbocycles. The average Bonchev–Trinajstić information content (AvgIpc) is 2.31. The molecule has 0 aromatic carbocycles. The Labute approximate surface area is 106 Å². The van der Waals surface area contributed by atoms with Gasteiger partial charge in [-0.1, -0.05) is 13.0 Å². The third kappa shape index (κ3) is 8.11. The Balaban J connectivity index is 4.29. The first-order valence-electron chi connectivity index (χ1n) is 6.65. The molecule has 0 aliphatic carbocycles. The molecule has 0 spiro atoms. The number of aliphatic hydroxyl groups excluding tert-OH is 1. The van der Waals surface area contributed by atoms with Crippen LogP contribution >= 0.6 is 0 Å². The van der Waals surface area contributed by atoms with E-state index in [1.54, 1.807) is 0 Å².